The number of aryl methyl sites for hydroxylation is 1. The van der Waals surface area contributed by atoms with E-state index in [1.165, 1.54) is 5.56 Å². The van der Waals surface area contributed by atoms with Gasteiger partial charge in [0, 0.05) is 33.6 Å². The molecule has 1 heterocycles. The number of rotatable bonds is 5. The fourth-order valence-corrected chi connectivity index (χ4v) is 3.22. The van der Waals surface area contributed by atoms with Crippen LogP contribution < -0.4 is 10.2 Å². The summed E-state index contributed by atoms with van der Waals surface area (Å²) in [6.07, 6.45) is 0.266. The Balaban J connectivity index is 1.65. The van der Waals surface area contributed by atoms with E-state index in [9.17, 15) is 9.59 Å². The molecule has 3 rings (SSSR count). The van der Waals surface area contributed by atoms with Gasteiger partial charge in [0.15, 0.2) is 0 Å². The molecule has 1 saturated heterocycles. The van der Waals surface area contributed by atoms with Crippen molar-refractivity contribution in [3.05, 3.63) is 59.7 Å². The van der Waals surface area contributed by atoms with Crippen molar-refractivity contribution < 1.29 is 9.59 Å². The summed E-state index contributed by atoms with van der Waals surface area (Å²) in [6, 6.07) is 15.8. The molecule has 1 atom stereocenters. The second kappa shape index (κ2) is 7.60. The van der Waals surface area contributed by atoms with Gasteiger partial charge in [-0.05, 0) is 24.6 Å². The Morgan fingerprint density at radius 2 is 1.85 bits per heavy atom. The zero-order valence-electron chi connectivity index (χ0n) is 15.5. The normalized spacial score (nSPS) is 16.7. The van der Waals surface area contributed by atoms with E-state index in [0.29, 0.717) is 13.1 Å². The van der Waals surface area contributed by atoms with Gasteiger partial charge < -0.3 is 15.1 Å². The molecule has 1 aliphatic heterocycles. The molecule has 26 heavy (non-hydrogen) atoms. The number of likely N-dealkylation sites (tertiary alicyclic amines) is 1. The molecule has 1 N–H and O–H groups in total. The van der Waals surface area contributed by atoms with Gasteiger partial charge in [-0.2, -0.15) is 0 Å². The van der Waals surface area contributed by atoms with Gasteiger partial charge >= 0.3 is 0 Å². The number of anilines is 2. The maximum Gasteiger partial charge on any atom is 0.229 e. The Bertz CT molecular complexity index is 799. The van der Waals surface area contributed by atoms with Gasteiger partial charge in [-0.15, -0.1) is 0 Å². The standard InChI is InChI=1S/C21H25N3O2/c1-15-8-10-16(11-9-15)13-24-14-17(12-20(24)25)21(26)22-18-6-4-5-7-19(18)23(2)3/h4-11,17H,12-14H2,1-3H3,(H,22,26). The van der Waals surface area contributed by atoms with Crippen molar-refractivity contribution in [3.63, 3.8) is 0 Å². The summed E-state index contributed by atoms with van der Waals surface area (Å²) in [5, 5.41) is 2.99. The van der Waals surface area contributed by atoms with Crippen molar-refractivity contribution in [3.8, 4) is 0 Å². The first kappa shape index (κ1) is 18.0. The molecule has 5 nitrogen and oxygen atoms in total. The minimum absolute atomic E-state index is 0.0339. The number of hydrogen-bond acceptors (Lipinski definition) is 3. The van der Waals surface area contributed by atoms with Crippen LogP contribution in [-0.2, 0) is 16.1 Å². The van der Waals surface area contributed by atoms with Gasteiger partial charge in [0.1, 0.15) is 0 Å². The highest BCUT2D eigenvalue weighted by Crippen LogP contribution is 2.26. The third-order valence-corrected chi connectivity index (χ3v) is 4.72. The lowest BCUT2D eigenvalue weighted by Gasteiger charge is -2.19. The van der Waals surface area contributed by atoms with Crippen LogP contribution in [0.4, 0.5) is 11.4 Å². The van der Waals surface area contributed by atoms with Crippen LogP contribution in [0.15, 0.2) is 48.5 Å². The van der Waals surface area contributed by atoms with Gasteiger partial charge in [-0.25, -0.2) is 0 Å². The van der Waals surface area contributed by atoms with Gasteiger partial charge in [-0.3, -0.25) is 9.59 Å². The fourth-order valence-electron chi connectivity index (χ4n) is 3.22. The van der Waals surface area contributed by atoms with Crippen LogP contribution in [-0.4, -0.2) is 37.4 Å². The van der Waals surface area contributed by atoms with E-state index in [-0.39, 0.29) is 24.2 Å². The van der Waals surface area contributed by atoms with E-state index in [1.807, 2.05) is 74.4 Å². The molecule has 1 unspecified atom stereocenters. The van der Waals surface area contributed by atoms with Crippen LogP contribution >= 0.6 is 0 Å². The fraction of sp³-hybridized carbons (Fsp3) is 0.333. The summed E-state index contributed by atoms with van der Waals surface area (Å²) in [5.41, 5.74) is 4.00. The molecule has 5 heteroatoms. The second-order valence-electron chi connectivity index (χ2n) is 7.06. The first-order valence-electron chi connectivity index (χ1n) is 8.84. The zero-order chi connectivity index (χ0) is 18.7. The summed E-state index contributed by atoms with van der Waals surface area (Å²) in [7, 11) is 3.88. The SMILES string of the molecule is Cc1ccc(CN2CC(C(=O)Nc3ccccc3N(C)C)CC2=O)cc1. The lowest BCUT2D eigenvalue weighted by molar-refractivity contribution is -0.128. The molecular weight excluding hydrogens is 326 g/mol. The minimum atomic E-state index is -0.317. The number of benzene rings is 2. The Morgan fingerprint density at radius 1 is 1.15 bits per heavy atom. The largest absolute Gasteiger partial charge is 0.376 e. The molecule has 0 bridgehead atoms. The Morgan fingerprint density at radius 3 is 2.54 bits per heavy atom. The van der Waals surface area contributed by atoms with E-state index in [0.717, 1.165) is 16.9 Å². The van der Waals surface area contributed by atoms with Crippen molar-refractivity contribution in [2.24, 2.45) is 5.92 Å². The predicted molar refractivity (Wildman–Crippen MR) is 104 cm³/mol. The van der Waals surface area contributed by atoms with Gasteiger partial charge in [0.25, 0.3) is 0 Å². The number of hydrogen-bond donors (Lipinski definition) is 1. The number of nitrogens with zero attached hydrogens (tertiary/aromatic N) is 2. The van der Waals surface area contributed by atoms with Crippen LogP contribution in [0, 0.1) is 12.8 Å². The molecule has 0 saturated carbocycles. The van der Waals surface area contributed by atoms with Crippen molar-refractivity contribution >= 4 is 23.2 Å². The minimum Gasteiger partial charge on any atom is -0.376 e. The van der Waals surface area contributed by atoms with E-state index in [4.69, 9.17) is 0 Å². The summed E-state index contributed by atoms with van der Waals surface area (Å²) in [4.78, 5) is 28.7. The average Bonchev–Trinajstić information content (AvgIpc) is 2.98. The van der Waals surface area contributed by atoms with Gasteiger partial charge in [-0.1, -0.05) is 42.0 Å². The predicted octanol–water partition coefficient (Wildman–Crippen LogP) is 3.05. The van der Waals surface area contributed by atoms with E-state index >= 15 is 0 Å². The van der Waals surface area contributed by atoms with Crippen molar-refractivity contribution in [2.75, 3.05) is 30.9 Å². The maximum atomic E-state index is 12.7. The molecule has 0 radical (unpaired) electrons. The highest BCUT2D eigenvalue weighted by Gasteiger charge is 2.34. The zero-order valence-corrected chi connectivity index (χ0v) is 15.5. The van der Waals surface area contributed by atoms with Gasteiger partial charge in [0.05, 0.1) is 17.3 Å². The first-order valence-corrected chi connectivity index (χ1v) is 8.84. The molecule has 136 valence electrons. The van der Waals surface area contributed by atoms with E-state index < -0.39 is 0 Å². The third kappa shape index (κ3) is 4.04. The molecule has 2 aromatic rings. The molecule has 2 amide bonds. The molecule has 0 spiro atoms. The molecule has 0 aliphatic carbocycles. The highest BCUT2D eigenvalue weighted by atomic mass is 16.2. The number of carbonyl (C=O) groups excluding carboxylic acids is 2. The summed E-state index contributed by atoms with van der Waals surface area (Å²) in [5.74, 6) is -0.381. The lowest BCUT2D eigenvalue weighted by atomic mass is 10.1. The Kier molecular flexibility index (Phi) is 5.26. The maximum absolute atomic E-state index is 12.7. The first-order chi connectivity index (χ1) is 12.4. The lowest BCUT2D eigenvalue weighted by Crippen LogP contribution is -2.28. The highest BCUT2D eigenvalue weighted by molar-refractivity contribution is 5.99. The van der Waals surface area contributed by atoms with Crippen LogP contribution in [0.1, 0.15) is 17.5 Å². The topological polar surface area (TPSA) is 52.7 Å². The van der Waals surface area contributed by atoms with Crippen molar-refractivity contribution in [1.82, 2.24) is 4.90 Å². The van der Waals surface area contributed by atoms with Gasteiger partial charge in [0.2, 0.25) is 11.8 Å². The third-order valence-electron chi connectivity index (χ3n) is 4.72. The summed E-state index contributed by atoms with van der Waals surface area (Å²) < 4.78 is 0. The summed E-state index contributed by atoms with van der Waals surface area (Å²) in [6.45, 7) is 3.05. The van der Waals surface area contributed by atoms with E-state index in [1.54, 1.807) is 4.90 Å². The Labute approximate surface area is 154 Å². The van der Waals surface area contributed by atoms with Crippen LogP contribution in [0.25, 0.3) is 0 Å². The van der Waals surface area contributed by atoms with Crippen LogP contribution in [0.5, 0.6) is 0 Å². The molecule has 1 aliphatic rings. The van der Waals surface area contributed by atoms with Crippen molar-refractivity contribution in [2.45, 2.75) is 19.9 Å². The molecule has 1 fully saturated rings. The van der Waals surface area contributed by atoms with Crippen LogP contribution in [0.3, 0.4) is 0 Å². The smallest absolute Gasteiger partial charge is 0.229 e. The van der Waals surface area contributed by atoms with E-state index in [2.05, 4.69) is 5.32 Å². The monoisotopic (exact) mass is 351 g/mol. The molecular formula is C21H25N3O2. The number of nitrogens with one attached hydrogen (secondary N) is 1. The number of carbonyl (C=O) groups is 2. The number of amides is 2. The average molecular weight is 351 g/mol. The van der Waals surface area contributed by atoms with Crippen molar-refractivity contribution in [1.29, 1.82) is 0 Å². The quantitative estimate of drug-likeness (QED) is 0.901. The molecule has 0 aromatic heterocycles. The van der Waals surface area contributed by atoms with Crippen LogP contribution in [0.2, 0.25) is 0 Å². The molecule has 2 aromatic carbocycles. The Hall–Kier alpha value is -2.82. The second-order valence-corrected chi connectivity index (χ2v) is 7.06. The summed E-state index contributed by atoms with van der Waals surface area (Å²) >= 11 is 0. The number of para-hydroxylation sites is 2.